The Morgan fingerprint density at radius 3 is 3.11 bits per heavy atom. The van der Waals surface area contributed by atoms with Crippen LogP contribution in [0.4, 0.5) is 0 Å². The Labute approximate surface area is 117 Å². The van der Waals surface area contributed by atoms with Gasteiger partial charge in [-0.05, 0) is 44.0 Å². The molecular formula is C15H18N2OS. The molecule has 0 saturated carbocycles. The van der Waals surface area contributed by atoms with Crippen LogP contribution in [0.1, 0.15) is 34.3 Å². The summed E-state index contributed by atoms with van der Waals surface area (Å²) in [5, 5.41) is 6.51. The predicted molar refractivity (Wildman–Crippen MR) is 77.7 cm³/mol. The van der Waals surface area contributed by atoms with Crippen molar-refractivity contribution in [3.05, 3.63) is 45.4 Å². The van der Waals surface area contributed by atoms with Crippen molar-refractivity contribution in [2.75, 3.05) is 7.05 Å². The third kappa shape index (κ3) is 2.51. The highest BCUT2D eigenvalue weighted by atomic mass is 32.1. The number of ether oxygens (including phenoxy) is 1. The van der Waals surface area contributed by atoms with Crippen molar-refractivity contribution in [3.8, 4) is 5.75 Å². The number of hydrogen-bond acceptors (Lipinski definition) is 4. The topological polar surface area (TPSA) is 34.1 Å². The minimum absolute atomic E-state index is 0.472. The van der Waals surface area contributed by atoms with Crippen LogP contribution in [0.5, 0.6) is 5.75 Å². The van der Waals surface area contributed by atoms with Crippen LogP contribution in [0, 0.1) is 6.92 Å². The molecule has 0 aliphatic heterocycles. The van der Waals surface area contributed by atoms with Gasteiger partial charge in [-0.25, -0.2) is 4.98 Å². The Morgan fingerprint density at radius 1 is 1.47 bits per heavy atom. The van der Waals surface area contributed by atoms with Crippen LogP contribution in [-0.4, -0.2) is 12.0 Å². The average molecular weight is 274 g/mol. The second kappa shape index (κ2) is 5.31. The van der Waals surface area contributed by atoms with Gasteiger partial charge in [-0.2, -0.15) is 0 Å². The highest BCUT2D eigenvalue weighted by molar-refractivity contribution is 7.09. The zero-order valence-corrected chi connectivity index (χ0v) is 12.1. The van der Waals surface area contributed by atoms with Gasteiger partial charge in [-0.15, -0.1) is 11.3 Å². The molecule has 19 heavy (non-hydrogen) atoms. The molecule has 0 saturated heterocycles. The number of nitrogens with zero attached hydrogens (tertiary/aromatic N) is 1. The number of aryl methyl sites for hydroxylation is 1. The molecule has 1 aromatic heterocycles. The van der Waals surface area contributed by atoms with E-state index >= 15 is 0 Å². The molecule has 4 heteroatoms. The number of nitrogens with one attached hydrogen (secondary N) is 1. The number of thiazole rings is 1. The second-order valence-corrected chi connectivity index (χ2v) is 5.91. The molecule has 1 aliphatic carbocycles. The molecule has 0 radical (unpaired) electrons. The summed E-state index contributed by atoms with van der Waals surface area (Å²) in [5.41, 5.74) is 3.76. The summed E-state index contributed by atoms with van der Waals surface area (Å²) in [4.78, 5) is 4.43. The van der Waals surface area contributed by atoms with Crippen molar-refractivity contribution in [1.29, 1.82) is 0 Å². The van der Waals surface area contributed by atoms with Gasteiger partial charge in [0.2, 0.25) is 0 Å². The highest BCUT2D eigenvalue weighted by Gasteiger charge is 2.23. The molecule has 0 amide bonds. The molecule has 0 spiro atoms. The molecule has 0 bridgehead atoms. The Hall–Kier alpha value is -1.39. The van der Waals surface area contributed by atoms with E-state index in [-0.39, 0.29) is 0 Å². The van der Waals surface area contributed by atoms with Crippen LogP contribution in [0.25, 0.3) is 0 Å². The molecule has 1 N–H and O–H groups in total. The van der Waals surface area contributed by atoms with Crippen molar-refractivity contribution < 1.29 is 4.74 Å². The SMILES string of the molecule is CNC1CCc2c(OCc3csc(C)n3)cccc21. The maximum absolute atomic E-state index is 5.96. The molecule has 1 atom stereocenters. The van der Waals surface area contributed by atoms with Crippen molar-refractivity contribution in [2.45, 2.75) is 32.4 Å². The van der Waals surface area contributed by atoms with Gasteiger partial charge >= 0.3 is 0 Å². The van der Waals surface area contributed by atoms with E-state index in [1.165, 1.54) is 11.1 Å². The molecular weight excluding hydrogens is 256 g/mol. The van der Waals surface area contributed by atoms with Gasteiger partial charge in [0.05, 0.1) is 10.7 Å². The summed E-state index contributed by atoms with van der Waals surface area (Å²) < 4.78 is 5.96. The van der Waals surface area contributed by atoms with Crippen LogP contribution in [0.3, 0.4) is 0 Å². The van der Waals surface area contributed by atoms with Gasteiger partial charge in [0.25, 0.3) is 0 Å². The van der Waals surface area contributed by atoms with Crippen LogP contribution < -0.4 is 10.1 Å². The lowest BCUT2D eigenvalue weighted by molar-refractivity contribution is 0.299. The van der Waals surface area contributed by atoms with E-state index < -0.39 is 0 Å². The van der Waals surface area contributed by atoms with E-state index in [0.29, 0.717) is 12.6 Å². The molecule has 3 nitrogen and oxygen atoms in total. The largest absolute Gasteiger partial charge is 0.487 e. The summed E-state index contributed by atoms with van der Waals surface area (Å²) in [6.45, 7) is 2.58. The Morgan fingerprint density at radius 2 is 2.37 bits per heavy atom. The van der Waals surface area contributed by atoms with Gasteiger partial charge in [0, 0.05) is 11.4 Å². The van der Waals surface area contributed by atoms with Crippen molar-refractivity contribution >= 4 is 11.3 Å². The second-order valence-electron chi connectivity index (χ2n) is 4.85. The van der Waals surface area contributed by atoms with E-state index in [9.17, 15) is 0 Å². The maximum atomic E-state index is 5.96. The van der Waals surface area contributed by atoms with Crippen molar-refractivity contribution in [1.82, 2.24) is 10.3 Å². The monoisotopic (exact) mass is 274 g/mol. The number of benzene rings is 1. The molecule has 2 aromatic rings. The van der Waals surface area contributed by atoms with Gasteiger partial charge in [0.15, 0.2) is 0 Å². The molecule has 3 rings (SSSR count). The van der Waals surface area contributed by atoms with Gasteiger partial charge in [-0.1, -0.05) is 12.1 Å². The fourth-order valence-electron chi connectivity index (χ4n) is 2.68. The Kier molecular flexibility index (Phi) is 3.53. The highest BCUT2D eigenvalue weighted by Crippen LogP contribution is 2.36. The summed E-state index contributed by atoms with van der Waals surface area (Å²) >= 11 is 1.67. The molecule has 1 heterocycles. The number of rotatable bonds is 4. The lowest BCUT2D eigenvalue weighted by atomic mass is 10.1. The first-order chi connectivity index (χ1) is 9.28. The Bertz CT molecular complexity index is 579. The lowest BCUT2D eigenvalue weighted by Crippen LogP contribution is -2.12. The first-order valence-corrected chi connectivity index (χ1v) is 7.48. The quantitative estimate of drug-likeness (QED) is 0.929. The Balaban J connectivity index is 1.77. The minimum Gasteiger partial charge on any atom is -0.487 e. The zero-order chi connectivity index (χ0) is 13.2. The van der Waals surface area contributed by atoms with Crippen molar-refractivity contribution in [3.63, 3.8) is 0 Å². The van der Waals surface area contributed by atoms with E-state index in [1.807, 2.05) is 14.0 Å². The number of aromatic nitrogens is 1. The molecule has 1 aromatic carbocycles. The smallest absolute Gasteiger partial charge is 0.131 e. The average Bonchev–Trinajstić information content (AvgIpc) is 3.02. The summed E-state index contributed by atoms with van der Waals surface area (Å²) in [6, 6.07) is 6.82. The number of hydrogen-bond donors (Lipinski definition) is 1. The van der Waals surface area contributed by atoms with E-state index in [0.717, 1.165) is 29.3 Å². The fourth-order valence-corrected chi connectivity index (χ4v) is 3.28. The normalized spacial score (nSPS) is 17.5. The van der Waals surface area contributed by atoms with Crippen molar-refractivity contribution in [2.24, 2.45) is 0 Å². The van der Waals surface area contributed by atoms with E-state index in [4.69, 9.17) is 4.74 Å². The van der Waals surface area contributed by atoms with Crippen LogP contribution in [0.15, 0.2) is 23.6 Å². The van der Waals surface area contributed by atoms with Gasteiger partial charge < -0.3 is 10.1 Å². The molecule has 1 aliphatic rings. The standard InChI is InChI=1S/C15H18N2OS/c1-10-17-11(9-19-10)8-18-15-5-3-4-12-13(15)6-7-14(12)16-2/h3-5,9,14,16H,6-8H2,1-2H3. The third-order valence-electron chi connectivity index (χ3n) is 3.62. The summed E-state index contributed by atoms with van der Waals surface area (Å²) in [5.74, 6) is 1.01. The first-order valence-electron chi connectivity index (χ1n) is 6.61. The summed E-state index contributed by atoms with van der Waals surface area (Å²) in [7, 11) is 2.02. The zero-order valence-electron chi connectivity index (χ0n) is 11.3. The van der Waals surface area contributed by atoms with Crippen LogP contribution >= 0.6 is 11.3 Å². The van der Waals surface area contributed by atoms with E-state index in [2.05, 4.69) is 33.9 Å². The van der Waals surface area contributed by atoms with Gasteiger partial charge in [0.1, 0.15) is 12.4 Å². The fraction of sp³-hybridized carbons (Fsp3) is 0.400. The minimum atomic E-state index is 0.472. The predicted octanol–water partition coefficient (Wildman–Crippen LogP) is 3.24. The lowest BCUT2D eigenvalue weighted by Gasteiger charge is -2.12. The van der Waals surface area contributed by atoms with Crippen LogP contribution in [0.2, 0.25) is 0 Å². The third-order valence-corrected chi connectivity index (χ3v) is 4.44. The molecule has 100 valence electrons. The molecule has 0 fully saturated rings. The number of fused-ring (bicyclic) bond motifs is 1. The first kappa shape index (κ1) is 12.6. The molecule has 1 unspecified atom stereocenters. The van der Waals surface area contributed by atoms with Crippen LogP contribution in [-0.2, 0) is 13.0 Å². The maximum Gasteiger partial charge on any atom is 0.131 e. The van der Waals surface area contributed by atoms with Gasteiger partial charge in [-0.3, -0.25) is 0 Å². The summed E-state index contributed by atoms with van der Waals surface area (Å²) in [6.07, 6.45) is 2.25. The van der Waals surface area contributed by atoms with E-state index in [1.54, 1.807) is 11.3 Å².